The number of nitrogens with zero attached hydrogens (tertiary/aromatic N) is 1. The van der Waals surface area contributed by atoms with Crippen molar-refractivity contribution in [1.82, 2.24) is 5.32 Å². The quantitative estimate of drug-likeness (QED) is 0.210. The normalized spacial score (nSPS) is 35.9. The minimum atomic E-state index is -0.251. The number of carbonyl (C=O) groups is 2. The maximum absolute atomic E-state index is 12.7. The van der Waals surface area contributed by atoms with E-state index < -0.39 is 0 Å². The fourth-order valence-corrected chi connectivity index (χ4v) is 9.15. The molecule has 1 aromatic carbocycles. The summed E-state index contributed by atoms with van der Waals surface area (Å²) in [6.07, 6.45) is 12.9. The van der Waals surface area contributed by atoms with E-state index in [0.717, 1.165) is 56.4 Å². The fourth-order valence-electron chi connectivity index (χ4n) is 8.74. The molecule has 1 N–H and O–H groups in total. The number of rotatable bonds is 8. The van der Waals surface area contributed by atoms with Gasteiger partial charge in [0.1, 0.15) is 6.10 Å². The van der Waals surface area contributed by atoms with Gasteiger partial charge in [0.25, 0.3) is 0 Å². The highest BCUT2D eigenvalue weighted by molar-refractivity contribution is 6.18. The van der Waals surface area contributed by atoms with Gasteiger partial charge < -0.3 is 15.0 Å². The lowest BCUT2D eigenvalue weighted by molar-refractivity contribution is -0.158. The van der Waals surface area contributed by atoms with Gasteiger partial charge in [-0.15, -0.1) is 23.2 Å². The highest BCUT2D eigenvalue weighted by atomic mass is 35.5. The summed E-state index contributed by atoms with van der Waals surface area (Å²) >= 11 is 11.9. The molecule has 7 heteroatoms. The van der Waals surface area contributed by atoms with Crippen LogP contribution in [-0.2, 0) is 14.3 Å². The van der Waals surface area contributed by atoms with Crippen LogP contribution >= 0.6 is 23.2 Å². The average molecular weight is 576 g/mol. The Hall–Kier alpha value is -1.72. The van der Waals surface area contributed by atoms with Crippen molar-refractivity contribution in [2.75, 3.05) is 29.7 Å². The van der Waals surface area contributed by atoms with Gasteiger partial charge in [-0.05, 0) is 111 Å². The van der Waals surface area contributed by atoms with E-state index in [9.17, 15) is 9.59 Å². The molecule has 39 heavy (non-hydrogen) atoms. The first-order valence-electron chi connectivity index (χ1n) is 14.9. The summed E-state index contributed by atoms with van der Waals surface area (Å²) in [7, 11) is 0. The van der Waals surface area contributed by atoms with E-state index in [-0.39, 0.29) is 23.5 Å². The second-order valence-corrected chi connectivity index (χ2v) is 13.6. The lowest BCUT2D eigenvalue weighted by atomic mass is 9.45. The summed E-state index contributed by atoms with van der Waals surface area (Å²) < 4.78 is 5.97. The van der Waals surface area contributed by atoms with Crippen LogP contribution < -0.4 is 10.2 Å². The molecular formula is C32H44Cl2N2O3. The Morgan fingerprint density at radius 2 is 1.77 bits per heavy atom. The molecule has 0 unspecified atom stereocenters. The maximum Gasteiger partial charge on any atom is 0.331 e. The summed E-state index contributed by atoms with van der Waals surface area (Å²) in [5.41, 5.74) is 2.33. The van der Waals surface area contributed by atoms with Gasteiger partial charge in [-0.3, -0.25) is 4.79 Å². The summed E-state index contributed by atoms with van der Waals surface area (Å²) in [6.45, 7) is 6.30. The zero-order chi connectivity index (χ0) is 27.6. The van der Waals surface area contributed by atoms with E-state index in [2.05, 4.69) is 24.1 Å². The van der Waals surface area contributed by atoms with E-state index >= 15 is 0 Å². The number of amides is 1. The molecule has 1 aliphatic heterocycles. The third kappa shape index (κ3) is 6.00. The van der Waals surface area contributed by atoms with Gasteiger partial charge in [0.15, 0.2) is 0 Å². The smallest absolute Gasteiger partial charge is 0.331 e. The van der Waals surface area contributed by atoms with Crippen LogP contribution in [0.5, 0.6) is 0 Å². The number of fused-ring (bicyclic) bond motifs is 5. The van der Waals surface area contributed by atoms with Crippen molar-refractivity contribution in [3.8, 4) is 0 Å². The number of hydrogen-bond donors (Lipinski definition) is 1. The van der Waals surface area contributed by atoms with Gasteiger partial charge >= 0.3 is 5.97 Å². The molecule has 1 heterocycles. The second-order valence-electron chi connectivity index (χ2n) is 12.8. The van der Waals surface area contributed by atoms with E-state index in [1.165, 1.54) is 19.3 Å². The van der Waals surface area contributed by atoms with Crippen LogP contribution in [0, 0.1) is 29.1 Å². The van der Waals surface area contributed by atoms with Crippen LogP contribution in [-0.4, -0.2) is 48.4 Å². The number of anilines is 1. The summed E-state index contributed by atoms with van der Waals surface area (Å²) in [5, 5.41) is 3.37. The molecule has 1 saturated heterocycles. The molecule has 4 fully saturated rings. The lowest BCUT2D eigenvalue weighted by Crippen LogP contribution is -2.63. The molecule has 0 bridgehead atoms. The largest absolute Gasteiger partial charge is 0.459 e. The van der Waals surface area contributed by atoms with Crippen LogP contribution in [0.4, 0.5) is 5.69 Å². The molecule has 0 aromatic heterocycles. The number of alkyl halides is 2. The van der Waals surface area contributed by atoms with Gasteiger partial charge in [-0.2, -0.15) is 0 Å². The first kappa shape index (κ1) is 28.8. The zero-order valence-corrected chi connectivity index (χ0v) is 25.0. The number of carbonyl (C=O) groups excluding carboxylic acids is 2. The summed E-state index contributed by atoms with van der Waals surface area (Å²) in [4.78, 5) is 27.0. The molecule has 3 aliphatic carbocycles. The Bertz CT molecular complexity index is 1060. The third-order valence-corrected chi connectivity index (χ3v) is 11.1. The second kappa shape index (κ2) is 12.0. The van der Waals surface area contributed by atoms with E-state index in [4.69, 9.17) is 27.9 Å². The number of piperidine rings is 1. The molecular weight excluding hydrogens is 531 g/mol. The summed E-state index contributed by atoms with van der Waals surface area (Å²) in [5.74, 6) is 3.71. The average Bonchev–Trinajstić information content (AvgIpc) is 2.91. The molecule has 1 amide bonds. The van der Waals surface area contributed by atoms with Gasteiger partial charge in [-0.1, -0.05) is 19.1 Å². The van der Waals surface area contributed by atoms with Crippen LogP contribution in [0.2, 0.25) is 0 Å². The predicted octanol–water partition coefficient (Wildman–Crippen LogP) is 6.81. The topological polar surface area (TPSA) is 58.6 Å². The first-order valence-corrected chi connectivity index (χ1v) is 16.0. The number of ether oxygens (including phenoxy) is 1. The van der Waals surface area contributed by atoms with Crippen LogP contribution in [0.15, 0.2) is 30.3 Å². The standard InChI is InChI=1S/C32H44Cl2N2O3/c1-31-15-13-25(39-30(38)12-5-22-3-7-24(8-4-22)36(19-17-33)20-18-34)21-23(31)6-9-26-27(31)14-16-32(2)28(26)10-11-29(37)35-32/h3-5,7-8,12,23,25-28H,6,9-11,13-21H2,1-2H3,(H,35,37)/b12-5+/t23-,25-,26+,27-,28-,31-,32-/m0/s1. The van der Waals surface area contributed by atoms with Crippen molar-refractivity contribution in [1.29, 1.82) is 0 Å². The van der Waals surface area contributed by atoms with E-state index in [0.29, 0.717) is 47.3 Å². The minimum Gasteiger partial charge on any atom is -0.459 e. The molecule has 214 valence electrons. The third-order valence-electron chi connectivity index (χ3n) is 10.8. The van der Waals surface area contributed by atoms with Crippen molar-refractivity contribution in [3.05, 3.63) is 35.9 Å². The number of esters is 1. The Kier molecular flexibility index (Phi) is 8.88. The van der Waals surface area contributed by atoms with E-state index in [1.54, 1.807) is 6.08 Å². The zero-order valence-electron chi connectivity index (χ0n) is 23.5. The number of hydrogen-bond acceptors (Lipinski definition) is 4. The van der Waals surface area contributed by atoms with Crippen molar-refractivity contribution >= 4 is 46.8 Å². The summed E-state index contributed by atoms with van der Waals surface area (Å²) in [6, 6.07) is 8.09. The van der Waals surface area contributed by atoms with Crippen LogP contribution in [0.1, 0.15) is 77.2 Å². The Balaban J connectivity index is 1.16. The molecule has 0 radical (unpaired) electrons. The monoisotopic (exact) mass is 574 g/mol. The van der Waals surface area contributed by atoms with Crippen molar-refractivity contribution in [3.63, 3.8) is 0 Å². The first-order chi connectivity index (χ1) is 18.8. The maximum atomic E-state index is 12.7. The lowest BCUT2D eigenvalue weighted by Gasteiger charge is -2.62. The Labute approximate surface area is 244 Å². The van der Waals surface area contributed by atoms with E-state index in [1.807, 2.05) is 30.3 Å². The van der Waals surface area contributed by atoms with Gasteiger partial charge in [0.2, 0.25) is 5.91 Å². The van der Waals surface area contributed by atoms with Gasteiger partial charge in [0, 0.05) is 48.6 Å². The number of halogens is 2. The molecule has 5 nitrogen and oxygen atoms in total. The molecule has 1 aromatic rings. The van der Waals surface area contributed by atoms with Crippen molar-refractivity contribution in [2.45, 2.75) is 83.3 Å². The Morgan fingerprint density at radius 1 is 1.03 bits per heavy atom. The van der Waals surface area contributed by atoms with Crippen molar-refractivity contribution < 1.29 is 14.3 Å². The van der Waals surface area contributed by atoms with Gasteiger partial charge in [-0.25, -0.2) is 4.79 Å². The molecule has 5 rings (SSSR count). The van der Waals surface area contributed by atoms with Crippen LogP contribution in [0.3, 0.4) is 0 Å². The SMILES string of the molecule is C[C@]12CC[C@H](OC(=O)/C=C/c3ccc(N(CCCl)CCCl)cc3)C[C@@H]1CC[C@@H]1[C@@H]2CC[C@]2(C)NC(=O)CC[C@@H]12. The minimum absolute atomic E-state index is 0.00152. The predicted molar refractivity (Wildman–Crippen MR) is 159 cm³/mol. The van der Waals surface area contributed by atoms with Crippen LogP contribution in [0.25, 0.3) is 6.08 Å². The van der Waals surface area contributed by atoms with Crippen molar-refractivity contribution in [2.24, 2.45) is 29.1 Å². The highest BCUT2D eigenvalue weighted by Crippen LogP contribution is 2.62. The fraction of sp³-hybridized carbons (Fsp3) is 0.688. The molecule has 4 aliphatic rings. The van der Waals surface area contributed by atoms with Gasteiger partial charge in [0.05, 0.1) is 0 Å². The number of benzene rings is 1. The molecule has 3 saturated carbocycles. The Morgan fingerprint density at radius 3 is 2.49 bits per heavy atom. The highest BCUT2D eigenvalue weighted by Gasteiger charge is 2.58. The molecule has 7 atom stereocenters. The number of nitrogens with one attached hydrogen (secondary N) is 1. The molecule has 0 spiro atoms.